The average Bonchev–Trinajstić information content (AvgIpc) is 2.71. The predicted octanol–water partition coefficient (Wildman–Crippen LogP) is 3.64. The molecule has 1 heterocycles. The molecule has 1 aliphatic carbocycles. The molecule has 3 nitrogen and oxygen atoms in total. The first kappa shape index (κ1) is 11.9. The Balaban J connectivity index is 2.11. The van der Waals surface area contributed by atoms with Crippen LogP contribution in [-0.2, 0) is 12.8 Å². The van der Waals surface area contributed by atoms with Crippen molar-refractivity contribution < 1.29 is 0 Å². The molecule has 2 N–H and O–H groups in total. The van der Waals surface area contributed by atoms with Crippen molar-refractivity contribution in [2.75, 3.05) is 5.73 Å². The molecular weight excluding hydrogens is 269 g/mol. The molecule has 0 saturated carbocycles. The van der Waals surface area contributed by atoms with E-state index in [1.54, 1.807) is 16.8 Å². The van der Waals surface area contributed by atoms with Gasteiger partial charge in [-0.05, 0) is 43.9 Å². The Bertz CT molecular complexity index is 605. The van der Waals surface area contributed by atoms with Gasteiger partial charge < -0.3 is 5.73 Å². The highest BCUT2D eigenvalue weighted by atomic mass is 35.5. The van der Waals surface area contributed by atoms with E-state index >= 15 is 0 Å². The molecule has 0 aliphatic heterocycles. The standard InChI is InChI=1S/C13H13Cl2N3/c14-10-6-5-8(7-11(10)16)18-13(15)9-3-1-2-4-12(9)17-18/h5-7H,1-4,16H2. The summed E-state index contributed by atoms with van der Waals surface area (Å²) in [4.78, 5) is 0. The third-order valence-electron chi connectivity index (χ3n) is 3.32. The van der Waals surface area contributed by atoms with Gasteiger partial charge in [-0.3, -0.25) is 0 Å². The zero-order valence-electron chi connectivity index (χ0n) is 9.79. The summed E-state index contributed by atoms with van der Waals surface area (Å²) >= 11 is 12.3. The van der Waals surface area contributed by atoms with Gasteiger partial charge in [-0.1, -0.05) is 23.2 Å². The van der Waals surface area contributed by atoms with E-state index in [1.807, 2.05) is 6.07 Å². The highest BCUT2D eigenvalue weighted by molar-refractivity contribution is 6.33. The second-order valence-corrected chi connectivity index (χ2v) is 5.31. The summed E-state index contributed by atoms with van der Waals surface area (Å²) in [5.41, 5.74) is 9.50. The van der Waals surface area contributed by atoms with Crippen LogP contribution >= 0.6 is 23.2 Å². The van der Waals surface area contributed by atoms with Crippen molar-refractivity contribution in [1.82, 2.24) is 9.78 Å². The molecule has 0 amide bonds. The lowest BCUT2D eigenvalue weighted by Crippen LogP contribution is -2.00. The maximum Gasteiger partial charge on any atom is 0.136 e. The van der Waals surface area contributed by atoms with Crippen LogP contribution in [0, 0.1) is 0 Å². The summed E-state index contributed by atoms with van der Waals surface area (Å²) < 4.78 is 1.75. The van der Waals surface area contributed by atoms with Crippen molar-refractivity contribution in [2.45, 2.75) is 25.7 Å². The smallest absolute Gasteiger partial charge is 0.136 e. The molecule has 1 aromatic heterocycles. The van der Waals surface area contributed by atoms with Gasteiger partial charge in [-0.25, -0.2) is 4.68 Å². The van der Waals surface area contributed by atoms with Gasteiger partial charge in [0.15, 0.2) is 0 Å². The highest BCUT2D eigenvalue weighted by Crippen LogP contribution is 2.31. The van der Waals surface area contributed by atoms with Gasteiger partial charge >= 0.3 is 0 Å². The van der Waals surface area contributed by atoms with Crippen LogP contribution in [0.3, 0.4) is 0 Å². The number of hydrogen-bond donors (Lipinski definition) is 1. The summed E-state index contributed by atoms with van der Waals surface area (Å²) in [7, 11) is 0. The SMILES string of the molecule is Nc1cc(-n2nc3c(c2Cl)CCCC3)ccc1Cl. The second-order valence-electron chi connectivity index (χ2n) is 4.54. The Morgan fingerprint density at radius 2 is 1.94 bits per heavy atom. The molecule has 18 heavy (non-hydrogen) atoms. The summed E-state index contributed by atoms with van der Waals surface area (Å²) in [6.07, 6.45) is 4.38. The van der Waals surface area contributed by atoms with E-state index in [9.17, 15) is 0 Å². The van der Waals surface area contributed by atoms with Gasteiger partial charge in [-0.15, -0.1) is 0 Å². The minimum absolute atomic E-state index is 0.540. The van der Waals surface area contributed by atoms with Crippen LogP contribution in [0.5, 0.6) is 0 Å². The van der Waals surface area contributed by atoms with Gasteiger partial charge in [0.05, 0.1) is 22.1 Å². The third-order valence-corrected chi connectivity index (χ3v) is 4.05. The van der Waals surface area contributed by atoms with E-state index in [4.69, 9.17) is 28.9 Å². The molecule has 1 aliphatic rings. The summed E-state index contributed by atoms with van der Waals surface area (Å²) in [5, 5.41) is 5.83. The Morgan fingerprint density at radius 1 is 1.17 bits per heavy atom. The lowest BCUT2D eigenvalue weighted by molar-refractivity contribution is 0.671. The molecule has 0 fully saturated rings. The predicted molar refractivity (Wildman–Crippen MR) is 74.6 cm³/mol. The minimum atomic E-state index is 0.540. The molecule has 0 unspecified atom stereocenters. The van der Waals surface area contributed by atoms with Crippen LogP contribution in [0.2, 0.25) is 10.2 Å². The number of halogens is 2. The molecule has 1 aromatic carbocycles. The zero-order valence-corrected chi connectivity index (χ0v) is 11.3. The molecule has 0 spiro atoms. The molecule has 3 rings (SSSR count). The number of nitrogen functional groups attached to an aromatic ring is 1. The van der Waals surface area contributed by atoms with E-state index in [2.05, 4.69) is 5.10 Å². The zero-order chi connectivity index (χ0) is 12.7. The minimum Gasteiger partial charge on any atom is -0.397 e. The molecule has 5 heteroatoms. The van der Waals surface area contributed by atoms with Crippen LogP contribution in [0.1, 0.15) is 24.1 Å². The fourth-order valence-corrected chi connectivity index (χ4v) is 2.80. The Labute approximate surface area is 115 Å². The Hall–Kier alpha value is -1.19. The van der Waals surface area contributed by atoms with Gasteiger partial charge in [0.25, 0.3) is 0 Å². The maximum atomic E-state index is 6.40. The van der Waals surface area contributed by atoms with E-state index in [1.165, 1.54) is 18.4 Å². The summed E-state index contributed by atoms with van der Waals surface area (Å²) in [6.45, 7) is 0. The molecule has 0 radical (unpaired) electrons. The number of fused-ring (bicyclic) bond motifs is 1. The number of rotatable bonds is 1. The monoisotopic (exact) mass is 281 g/mol. The van der Waals surface area contributed by atoms with E-state index in [-0.39, 0.29) is 0 Å². The molecule has 2 aromatic rings. The quantitative estimate of drug-likeness (QED) is 0.811. The van der Waals surface area contributed by atoms with Crippen LogP contribution in [0.25, 0.3) is 5.69 Å². The number of nitrogens with zero attached hydrogens (tertiary/aromatic N) is 2. The molecule has 0 atom stereocenters. The fourth-order valence-electron chi connectivity index (χ4n) is 2.35. The van der Waals surface area contributed by atoms with Crippen molar-refractivity contribution in [3.63, 3.8) is 0 Å². The third kappa shape index (κ3) is 1.88. The second kappa shape index (κ2) is 4.48. The topological polar surface area (TPSA) is 43.8 Å². The van der Waals surface area contributed by atoms with Crippen molar-refractivity contribution >= 4 is 28.9 Å². The lowest BCUT2D eigenvalue weighted by atomic mass is 9.99. The largest absolute Gasteiger partial charge is 0.397 e. The molecule has 0 saturated heterocycles. The van der Waals surface area contributed by atoms with Crippen LogP contribution in [0.15, 0.2) is 18.2 Å². The summed E-state index contributed by atoms with van der Waals surface area (Å²) in [6, 6.07) is 5.44. The van der Waals surface area contributed by atoms with Crippen LogP contribution in [-0.4, -0.2) is 9.78 Å². The number of nitrogens with two attached hydrogens (primary N) is 1. The van der Waals surface area contributed by atoms with E-state index < -0.39 is 0 Å². The molecular formula is C13H13Cl2N3. The molecule has 94 valence electrons. The fraction of sp³-hybridized carbons (Fsp3) is 0.308. The Morgan fingerprint density at radius 3 is 2.67 bits per heavy atom. The first-order valence-electron chi connectivity index (χ1n) is 5.98. The normalized spacial score (nSPS) is 14.6. The number of aryl methyl sites for hydroxylation is 1. The van der Waals surface area contributed by atoms with Gasteiger partial charge in [0, 0.05) is 5.56 Å². The first-order chi connectivity index (χ1) is 8.66. The van der Waals surface area contributed by atoms with Gasteiger partial charge in [-0.2, -0.15) is 5.10 Å². The lowest BCUT2D eigenvalue weighted by Gasteiger charge is -2.08. The van der Waals surface area contributed by atoms with Crippen LogP contribution in [0.4, 0.5) is 5.69 Å². The number of aromatic nitrogens is 2. The highest BCUT2D eigenvalue weighted by Gasteiger charge is 2.20. The Kier molecular flexibility index (Phi) is 2.96. The van der Waals surface area contributed by atoms with E-state index in [0.29, 0.717) is 15.9 Å². The molecule has 0 bridgehead atoms. The van der Waals surface area contributed by atoms with Crippen molar-refractivity contribution in [3.8, 4) is 5.69 Å². The van der Waals surface area contributed by atoms with Gasteiger partial charge in [0.2, 0.25) is 0 Å². The van der Waals surface area contributed by atoms with Crippen molar-refractivity contribution in [2.24, 2.45) is 0 Å². The summed E-state index contributed by atoms with van der Waals surface area (Å²) in [5.74, 6) is 0. The van der Waals surface area contributed by atoms with Gasteiger partial charge in [0.1, 0.15) is 5.15 Å². The number of benzene rings is 1. The van der Waals surface area contributed by atoms with E-state index in [0.717, 1.165) is 24.2 Å². The van der Waals surface area contributed by atoms with Crippen LogP contribution < -0.4 is 5.73 Å². The van der Waals surface area contributed by atoms with Crippen molar-refractivity contribution in [3.05, 3.63) is 39.6 Å². The average molecular weight is 282 g/mol. The van der Waals surface area contributed by atoms with Crippen molar-refractivity contribution in [1.29, 1.82) is 0 Å². The number of hydrogen-bond acceptors (Lipinski definition) is 2. The maximum absolute atomic E-state index is 6.40. The number of anilines is 1. The first-order valence-corrected chi connectivity index (χ1v) is 6.74.